The summed E-state index contributed by atoms with van der Waals surface area (Å²) in [6.07, 6.45) is 1.64. The Labute approximate surface area is 116 Å². The van der Waals surface area contributed by atoms with Crippen LogP contribution in [-0.4, -0.2) is 16.7 Å². The molecule has 1 heterocycles. The van der Waals surface area contributed by atoms with E-state index >= 15 is 0 Å². The Kier molecular flexibility index (Phi) is 3.58. The number of fused-ring (bicyclic) bond motifs is 1. The molecule has 19 heavy (non-hydrogen) atoms. The average Bonchev–Trinajstić information content (AvgIpc) is 2.93. The molecule has 0 radical (unpaired) electrons. The number of thiazole rings is 1. The van der Waals surface area contributed by atoms with Crippen LogP contribution in [0.2, 0.25) is 0 Å². The zero-order valence-corrected chi connectivity index (χ0v) is 11.4. The predicted molar refractivity (Wildman–Crippen MR) is 80.5 cm³/mol. The molecule has 0 fully saturated rings. The van der Waals surface area contributed by atoms with E-state index in [1.807, 2.05) is 0 Å². The van der Waals surface area contributed by atoms with Crippen LogP contribution in [-0.2, 0) is 6.42 Å². The Bertz CT molecular complexity index is 690. The number of aryl methyl sites for hydroxylation is 1. The van der Waals surface area contributed by atoms with E-state index in [0.29, 0.717) is 0 Å². The minimum absolute atomic E-state index is 0.227. The van der Waals surface area contributed by atoms with Crippen molar-refractivity contribution in [2.75, 3.05) is 6.61 Å². The predicted octanol–water partition coefficient (Wildman–Crippen LogP) is 3.89. The molecule has 3 rings (SSSR count). The van der Waals surface area contributed by atoms with Gasteiger partial charge in [0.25, 0.3) is 0 Å². The highest BCUT2D eigenvalue weighted by atomic mass is 32.1. The third-order valence-corrected chi connectivity index (χ3v) is 4.05. The van der Waals surface area contributed by atoms with Crippen molar-refractivity contribution >= 4 is 22.1 Å². The largest absolute Gasteiger partial charge is 0.396 e. The van der Waals surface area contributed by atoms with E-state index in [9.17, 15) is 0 Å². The number of rotatable bonds is 4. The van der Waals surface area contributed by atoms with E-state index in [2.05, 4.69) is 52.8 Å². The van der Waals surface area contributed by atoms with Gasteiger partial charge in [0, 0.05) is 24.0 Å². The van der Waals surface area contributed by atoms with Crippen molar-refractivity contribution in [1.82, 2.24) is 4.98 Å². The lowest BCUT2D eigenvalue weighted by Crippen LogP contribution is -1.88. The molecule has 0 bridgehead atoms. The fourth-order valence-corrected chi connectivity index (χ4v) is 2.99. The maximum absolute atomic E-state index is 8.85. The van der Waals surface area contributed by atoms with E-state index in [4.69, 9.17) is 5.11 Å². The van der Waals surface area contributed by atoms with Gasteiger partial charge >= 0.3 is 0 Å². The summed E-state index contributed by atoms with van der Waals surface area (Å²) in [6.45, 7) is 0.227. The zero-order valence-electron chi connectivity index (χ0n) is 10.5. The molecule has 2 aromatic carbocycles. The zero-order chi connectivity index (χ0) is 13.1. The van der Waals surface area contributed by atoms with Crippen LogP contribution >= 0.6 is 11.3 Å². The molecular formula is C16H15NOS. The SMILES string of the molecule is OCCCc1nc(-c2ccc3ccccc3c2)cs1. The van der Waals surface area contributed by atoms with Crippen LogP contribution in [0.25, 0.3) is 22.0 Å². The van der Waals surface area contributed by atoms with Crippen LogP contribution in [0.4, 0.5) is 0 Å². The first-order valence-corrected chi connectivity index (χ1v) is 7.29. The summed E-state index contributed by atoms with van der Waals surface area (Å²) in [5.41, 5.74) is 2.19. The lowest BCUT2D eigenvalue weighted by Gasteiger charge is -2.00. The minimum Gasteiger partial charge on any atom is -0.396 e. The quantitative estimate of drug-likeness (QED) is 0.779. The van der Waals surface area contributed by atoms with Crippen molar-refractivity contribution in [2.45, 2.75) is 12.8 Å². The Morgan fingerprint density at radius 3 is 2.74 bits per heavy atom. The van der Waals surface area contributed by atoms with Gasteiger partial charge < -0.3 is 5.11 Å². The second kappa shape index (κ2) is 5.51. The number of hydrogen-bond acceptors (Lipinski definition) is 3. The summed E-state index contributed by atoms with van der Waals surface area (Å²) in [4.78, 5) is 4.63. The van der Waals surface area contributed by atoms with Gasteiger partial charge in [-0.05, 0) is 23.3 Å². The summed E-state index contributed by atoms with van der Waals surface area (Å²) < 4.78 is 0. The minimum atomic E-state index is 0.227. The Hall–Kier alpha value is -1.71. The third-order valence-electron chi connectivity index (χ3n) is 3.15. The van der Waals surface area contributed by atoms with Gasteiger partial charge in [0.1, 0.15) is 0 Å². The standard InChI is InChI=1S/C16H15NOS/c18-9-3-6-16-17-15(11-19-16)14-8-7-12-4-1-2-5-13(12)10-14/h1-2,4-5,7-8,10-11,18H,3,6,9H2. The molecule has 0 saturated carbocycles. The molecule has 0 spiro atoms. The topological polar surface area (TPSA) is 33.1 Å². The molecule has 0 aliphatic rings. The highest BCUT2D eigenvalue weighted by molar-refractivity contribution is 7.09. The van der Waals surface area contributed by atoms with Gasteiger partial charge in [0.05, 0.1) is 10.7 Å². The van der Waals surface area contributed by atoms with E-state index in [-0.39, 0.29) is 6.61 Å². The van der Waals surface area contributed by atoms with Crippen LogP contribution in [0, 0.1) is 0 Å². The number of aromatic nitrogens is 1. The van der Waals surface area contributed by atoms with Crippen molar-refractivity contribution in [3.8, 4) is 11.3 Å². The fraction of sp³-hybridized carbons (Fsp3) is 0.188. The van der Waals surface area contributed by atoms with Crippen LogP contribution in [0.5, 0.6) is 0 Å². The molecule has 1 aromatic heterocycles. The molecule has 1 N–H and O–H groups in total. The van der Waals surface area contributed by atoms with Crippen LogP contribution < -0.4 is 0 Å². The van der Waals surface area contributed by atoms with Gasteiger partial charge in [0.15, 0.2) is 0 Å². The molecule has 0 saturated heterocycles. The molecule has 3 heteroatoms. The summed E-state index contributed by atoms with van der Waals surface area (Å²) in [5, 5.41) is 14.5. The van der Waals surface area contributed by atoms with Gasteiger partial charge in [0.2, 0.25) is 0 Å². The maximum atomic E-state index is 8.85. The smallest absolute Gasteiger partial charge is 0.0933 e. The maximum Gasteiger partial charge on any atom is 0.0933 e. The van der Waals surface area contributed by atoms with Crippen molar-refractivity contribution < 1.29 is 5.11 Å². The van der Waals surface area contributed by atoms with Crippen molar-refractivity contribution in [2.24, 2.45) is 0 Å². The van der Waals surface area contributed by atoms with E-state index in [0.717, 1.165) is 29.1 Å². The van der Waals surface area contributed by atoms with Crippen LogP contribution in [0.15, 0.2) is 47.8 Å². The summed E-state index contributed by atoms with van der Waals surface area (Å²) in [7, 11) is 0. The molecular weight excluding hydrogens is 254 g/mol. The molecule has 0 unspecified atom stereocenters. The van der Waals surface area contributed by atoms with Crippen LogP contribution in [0.1, 0.15) is 11.4 Å². The number of nitrogens with zero attached hydrogens (tertiary/aromatic N) is 1. The van der Waals surface area contributed by atoms with Crippen LogP contribution in [0.3, 0.4) is 0 Å². The van der Waals surface area contributed by atoms with Gasteiger partial charge in [-0.25, -0.2) is 4.98 Å². The molecule has 96 valence electrons. The average molecular weight is 269 g/mol. The lowest BCUT2D eigenvalue weighted by molar-refractivity contribution is 0.288. The number of aliphatic hydroxyl groups is 1. The fourth-order valence-electron chi connectivity index (χ4n) is 2.14. The normalized spacial score (nSPS) is 11.0. The van der Waals surface area contributed by atoms with Gasteiger partial charge in [-0.2, -0.15) is 0 Å². The Morgan fingerprint density at radius 1 is 1.05 bits per heavy atom. The molecule has 3 aromatic rings. The molecule has 0 aliphatic carbocycles. The van der Waals surface area contributed by atoms with Gasteiger partial charge in [-0.15, -0.1) is 11.3 Å². The van der Waals surface area contributed by atoms with Crippen molar-refractivity contribution in [1.29, 1.82) is 0 Å². The molecule has 0 amide bonds. The first kappa shape index (κ1) is 12.3. The second-order valence-electron chi connectivity index (χ2n) is 4.52. The second-order valence-corrected chi connectivity index (χ2v) is 5.46. The molecule has 0 aliphatic heterocycles. The molecule has 0 atom stereocenters. The number of aliphatic hydroxyl groups excluding tert-OH is 1. The van der Waals surface area contributed by atoms with E-state index in [1.165, 1.54) is 10.8 Å². The van der Waals surface area contributed by atoms with Gasteiger partial charge in [-0.3, -0.25) is 0 Å². The monoisotopic (exact) mass is 269 g/mol. The first-order chi connectivity index (χ1) is 9.36. The summed E-state index contributed by atoms with van der Waals surface area (Å²) >= 11 is 1.67. The Balaban J connectivity index is 1.92. The number of benzene rings is 2. The van der Waals surface area contributed by atoms with E-state index in [1.54, 1.807) is 11.3 Å². The first-order valence-electron chi connectivity index (χ1n) is 6.41. The third kappa shape index (κ3) is 2.67. The van der Waals surface area contributed by atoms with Gasteiger partial charge in [-0.1, -0.05) is 36.4 Å². The summed E-state index contributed by atoms with van der Waals surface area (Å²) in [5.74, 6) is 0. The van der Waals surface area contributed by atoms with E-state index < -0.39 is 0 Å². The highest BCUT2D eigenvalue weighted by Crippen LogP contribution is 2.26. The lowest BCUT2D eigenvalue weighted by atomic mass is 10.1. The highest BCUT2D eigenvalue weighted by Gasteiger charge is 2.05. The summed E-state index contributed by atoms with van der Waals surface area (Å²) in [6, 6.07) is 14.8. The number of hydrogen-bond donors (Lipinski definition) is 1. The van der Waals surface area contributed by atoms with Crippen molar-refractivity contribution in [3.05, 3.63) is 52.9 Å². The molecule has 2 nitrogen and oxygen atoms in total. The Morgan fingerprint density at radius 2 is 1.89 bits per heavy atom. The van der Waals surface area contributed by atoms with Crippen molar-refractivity contribution in [3.63, 3.8) is 0 Å².